The molecule has 0 fully saturated rings. The number of halogens is 1. The Morgan fingerprint density at radius 2 is 1.94 bits per heavy atom. The number of fused-ring (bicyclic) bond motifs is 1. The van der Waals surface area contributed by atoms with Crippen LogP contribution < -0.4 is 0 Å². The van der Waals surface area contributed by atoms with Gasteiger partial charge in [-0.2, -0.15) is 5.10 Å². The number of para-hydroxylation sites is 1. The van der Waals surface area contributed by atoms with Crippen molar-refractivity contribution in [2.75, 3.05) is 0 Å². The lowest BCUT2D eigenvalue weighted by Gasteiger charge is -2.03. The molecule has 0 saturated carbocycles. The molecule has 3 aromatic rings. The van der Waals surface area contributed by atoms with Crippen LogP contribution in [0.4, 0.5) is 0 Å². The van der Waals surface area contributed by atoms with Gasteiger partial charge in [0.05, 0.1) is 16.2 Å². The highest BCUT2D eigenvalue weighted by molar-refractivity contribution is 9.10. The molecule has 0 atom stereocenters. The van der Waals surface area contributed by atoms with Gasteiger partial charge in [0.25, 0.3) is 0 Å². The summed E-state index contributed by atoms with van der Waals surface area (Å²) in [5.74, 6) is 0.809. The molecule has 0 bridgehead atoms. The SMILES string of the molecule is Brc1cccnc1-n1ncc2ccccc21. The van der Waals surface area contributed by atoms with E-state index in [9.17, 15) is 0 Å². The van der Waals surface area contributed by atoms with Crippen LogP contribution in [0.25, 0.3) is 16.7 Å². The third-order valence-corrected chi connectivity index (χ3v) is 3.04. The van der Waals surface area contributed by atoms with Crippen LogP contribution >= 0.6 is 15.9 Å². The molecule has 3 nitrogen and oxygen atoms in total. The summed E-state index contributed by atoms with van der Waals surface area (Å²) < 4.78 is 2.77. The van der Waals surface area contributed by atoms with E-state index < -0.39 is 0 Å². The van der Waals surface area contributed by atoms with Crippen molar-refractivity contribution in [1.82, 2.24) is 14.8 Å². The Morgan fingerprint density at radius 1 is 1.06 bits per heavy atom. The van der Waals surface area contributed by atoms with E-state index in [0.29, 0.717) is 0 Å². The van der Waals surface area contributed by atoms with Gasteiger partial charge in [0.15, 0.2) is 5.82 Å². The van der Waals surface area contributed by atoms with E-state index in [0.717, 1.165) is 21.2 Å². The predicted molar refractivity (Wildman–Crippen MR) is 66.6 cm³/mol. The molecule has 0 unspecified atom stereocenters. The summed E-state index contributed by atoms with van der Waals surface area (Å²) in [6, 6.07) is 11.9. The number of nitrogens with zero attached hydrogens (tertiary/aromatic N) is 3. The molecule has 2 aromatic heterocycles. The number of hydrogen-bond donors (Lipinski definition) is 0. The van der Waals surface area contributed by atoms with Crippen molar-refractivity contribution in [3.8, 4) is 5.82 Å². The molecule has 0 spiro atoms. The van der Waals surface area contributed by atoms with E-state index in [4.69, 9.17) is 0 Å². The molecule has 3 rings (SSSR count). The molecular weight excluding hydrogens is 266 g/mol. The van der Waals surface area contributed by atoms with Gasteiger partial charge in [-0.15, -0.1) is 0 Å². The molecule has 0 aliphatic carbocycles. The maximum absolute atomic E-state index is 4.35. The van der Waals surface area contributed by atoms with Gasteiger partial charge in [0.2, 0.25) is 0 Å². The molecule has 0 aliphatic rings. The first kappa shape index (κ1) is 9.54. The van der Waals surface area contributed by atoms with Gasteiger partial charge in [-0.25, -0.2) is 9.67 Å². The third kappa shape index (κ3) is 1.42. The molecule has 1 aromatic carbocycles. The molecule has 4 heteroatoms. The zero-order chi connectivity index (χ0) is 11.0. The Balaban J connectivity index is 2.31. The summed E-state index contributed by atoms with van der Waals surface area (Å²) in [4.78, 5) is 4.32. The summed E-state index contributed by atoms with van der Waals surface area (Å²) in [6.45, 7) is 0. The highest BCUT2D eigenvalue weighted by Crippen LogP contribution is 2.22. The standard InChI is InChI=1S/C12H8BrN3/c13-10-5-3-7-14-12(10)16-11-6-2-1-4-9(11)8-15-16/h1-8H. The van der Waals surface area contributed by atoms with E-state index in [1.54, 1.807) is 6.20 Å². The van der Waals surface area contributed by atoms with Crippen molar-refractivity contribution >= 4 is 26.8 Å². The second kappa shape index (κ2) is 3.72. The lowest BCUT2D eigenvalue weighted by Crippen LogP contribution is -1.99. The van der Waals surface area contributed by atoms with Gasteiger partial charge in [-0.05, 0) is 34.1 Å². The predicted octanol–water partition coefficient (Wildman–Crippen LogP) is 3.18. The van der Waals surface area contributed by atoms with Gasteiger partial charge in [0, 0.05) is 11.6 Å². The molecule has 0 amide bonds. The van der Waals surface area contributed by atoms with E-state index in [1.165, 1.54) is 0 Å². The normalized spacial score (nSPS) is 10.8. The maximum Gasteiger partial charge on any atom is 0.168 e. The van der Waals surface area contributed by atoms with Crippen LogP contribution in [0, 0.1) is 0 Å². The molecule has 78 valence electrons. The van der Waals surface area contributed by atoms with Crippen LogP contribution in [-0.4, -0.2) is 14.8 Å². The van der Waals surface area contributed by atoms with Crippen LogP contribution in [0.5, 0.6) is 0 Å². The first-order valence-corrected chi connectivity index (χ1v) is 5.69. The molecule has 0 saturated heterocycles. The summed E-state index contributed by atoms with van der Waals surface area (Å²) in [5.41, 5.74) is 1.06. The van der Waals surface area contributed by atoms with Crippen molar-refractivity contribution < 1.29 is 0 Å². The molecule has 16 heavy (non-hydrogen) atoms. The van der Waals surface area contributed by atoms with Crippen LogP contribution in [-0.2, 0) is 0 Å². The Morgan fingerprint density at radius 3 is 2.81 bits per heavy atom. The fraction of sp³-hybridized carbons (Fsp3) is 0. The monoisotopic (exact) mass is 273 g/mol. The summed E-state index contributed by atoms with van der Waals surface area (Å²) in [6.07, 6.45) is 3.60. The molecule has 0 aliphatic heterocycles. The Hall–Kier alpha value is -1.68. The molecule has 0 N–H and O–H groups in total. The largest absolute Gasteiger partial charge is 0.236 e. The topological polar surface area (TPSA) is 30.7 Å². The number of rotatable bonds is 1. The first-order valence-electron chi connectivity index (χ1n) is 4.90. The van der Waals surface area contributed by atoms with Crippen LogP contribution in [0.2, 0.25) is 0 Å². The van der Waals surface area contributed by atoms with Gasteiger partial charge < -0.3 is 0 Å². The lowest BCUT2D eigenvalue weighted by atomic mass is 10.2. The van der Waals surface area contributed by atoms with Crippen LogP contribution in [0.3, 0.4) is 0 Å². The number of benzene rings is 1. The van der Waals surface area contributed by atoms with Crippen molar-refractivity contribution in [2.24, 2.45) is 0 Å². The average Bonchev–Trinajstić information content (AvgIpc) is 2.74. The van der Waals surface area contributed by atoms with Gasteiger partial charge in [-0.1, -0.05) is 18.2 Å². The second-order valence-electron chi connectivity index (χ2n) is 3.42. The minimum atomic E-state index is 0.809. The summed E-state index contributed by atoms with van der Waals surface area (Å²) >= 11 is 3.48. The summed E-state index contributed by atoms with van der Waals surface area (Å²) in [7, 11) is 0. The Bertz CT molecular complexity index is 645. The fourth-order valence-corrected chi connectivity index (χ4v) is 2.10. The maximum atomic E-state index is 4.35. The molecule has 2 heterocycles. The van der Waals surface area contributed by atoms with Crippen LogP contribution in [0.15, 0.2) is 53.3 Å². The quantitative estimate of drug-likeness (QED) is 0.682. The third-order valence-electron chi connectivity index (χ3n) is 2.42. The number of pyridine rings is 1. The highest BCUT2D eigenvalue weighted by atomic mass is 79.9. The highest BCUT2D eigenvalue weighted by Gasteiger charge is 2.07. The Kier molecular flexibility index (Phi) is 2.22. The smallest absolute Gasteiger partial charge is 0.168 e. The molecular formula is C12H8BrN3. The average molecular weight is 274 g/mol. The fourth-order valence-electron chi connectivity index (χ4n) is 1.67. The number of hydrogen-bond acceptors (Lipinski definition) is 2. The van der Waals surface area contributed by atoms with E-state index >= 15 is 0 Å². The number of aromatic nitrogens is 3. The van der Waals surface area contributed by atoms with Crippen molar-refractivity contribution in [3.63, 3.8) is 0 Å². The zero-order valence-corrected chi connectivity index (χ0v) is 9.92. The van der Waals surface area contributed by atoms with Gasteiger partial charge in [-0.3, -0.25) is 0 Å². The van der Waals surface area contributed by atoms with Gasteiger partial charge >= 0.3 is 0 Å². The summed E-state index contributed by atoms with van der Waals surface area (Å²) in [5, 5.41) is 5.46. The lowest BCUT2D eigenvalue weighted by molar-refractivity contribution is 0.869. The zero-order valence-electron chi connectivity index (χ0n) is 8.34. The second-order valence-corrected chi connectivity index (χ2v) is 4.28. The van der Waals surface area contributed by atoms with E-state index in [-0.39, 0.29) is 0 Å². The van der Waals surface area contributed by atoms with Crippen molar-refractivity contribution in [1.29, 1.82) is 0 Å². The van der Waals surface area contributed by atoms with Crippen LogP contribution in [0.1, 0.15) is 0 Å². The first-order chi connectivity index (χ1) is 7.86. The molecule has 0 radical (unpaired) electrons. The van der Waals surface area contributed by atoms with Crippen molar-refractivity contribution in [3.05, 3.63) is 53.3 Å². The van der Waals surface area contributed by atoms with E-state index in [2.05, 4.69) is 26.0 Å². The van der Waals surface area contributed by atoms with E-state index in [1.807, 2.05) is 47.3 Å². The minimum absolute atomic E-state index is 0.809. The van der Waals surface area contributed by atoms with Gasteiger partial charge in [0.1, 0.15) is 0 Å². The minimum Gasteiger partial charge on any atom is -0.236 e. The van der Waals surface area contributed by atoms with Crippen molar-refractivity contribution in [2.45, 2.75) is 0 Å². The Labute approximate surface area is 101 Å².